The van der Waals surface area contributed by atoms with Gasteiger partial charge in [0.2, 0.25) is 5.88 Å². The third-order valence-corrected chi connectivity index (χ3v) is 3.28. The number of anilines is 1. The molecule has 1 aromatic carbocycles. The zero-order chi connectivity index (χ0) is 15.8. The zero-order valence-electron chi connectivity index (χ0n) is 10.2. The fourth-order valence-corrected chi connectivity index (χ4v) is 2.33. The lowest BCUT2D eigenvalue weighted by Crippen LogP contribution is -2.17. The van der Waals surface area contributed by atoms with Crippen LogP contribution in [0.2, 0.25) is 0 Å². The van der Waals surface area contributed by atoms with E-state index in [1.54, 1.807) is 0 Å². The van der Waals surface area contributed by atoms with E-state index in [2.05, 4.69) is 9.84 Å². The molecule has 2 rings (SSSR count). The van der Waals surface area contributed by atoms with Crippen molar-refractivity contribution >= 4 is 22.0 Å². The molecule has 0 bridgehead atoms. The molecule has 0 unspecified atom stereocenters. The minimum Gasteiger partial charge on any atom is -0.449 e. The summed E-state index contributed by atoms with van der Waals surface area (Å²) in [4.78, 5) is 21.5. The lowest BCUT2D eigenvalue weighted by Gasteiger charge is -2.08. The maximum Gasteiger partial charge on any atom is 0.512 e. The number of carbonyl (C=O) groups is 1. The summed E-state index contributed by atoms with van der Waals surface area (Å²) >= 11 is 0. The smallest absolute Gasteiger partial charge is 0.449 e. The highest BCUT2D eigenvalue weighted by Crippen LogP contribution is 2.22. The molecule has 1 aromatic heterocycles. The standard InChI is InChI=1S/C10H9N3O7S/c11-5-1-2-6(7(3-5)21(17,18)19)13-9(14)4-8(12-13)20-10(15)16/h1-4,12H,11H2,(H,15,16)(H,17,18,19). The fourth-order valence-electron chi connectivity index (χ4n) is 1.62. The minimum absolute atomic E-state index is 0.0491. The molecule has 2 aromatic rings. The second-order valence-electron chi connectivity index (χ2n) is 3.86. The summed E-state index contributed by atoms with van der Waals surface area (Å²) in [6, 6.07) is 4.23. The van der Waals surface area contributed by atoms with Gasteiger partial charge < -0.3 is 15.6 Å². The Balaban J connectivity index is 2.65. The molecule has 11 heteroatoms. The van der Waals surface area contributed by atoms with Gasteiger partial charge in [-0.15, -0.1) is 0 Å². The van der Waals surface area contributed by atoms with Crippen LogP contribution in [0.3, 0.4) is 0 Å². The average Bonchev–Trinajstić information content (AvgIpc) is 2.68. The molecular formula is C10H9N3O7S. The molecule has 21 heavy (non-hydrogen) atoms. The predicted octanol–water partition coefficient (Wildman–Crippen LogP) is 0.0513. The summed E-state index contributed by atoms with van der Waals surface area (Å²) in [6.45, 7) is 0. The Kier molecular flexibility index (Phi) is 3.45. The molecule has 0 spiro atoms. The van der Waals surface area contributed by atoms with Gasteiger partial charge in [-0.1, -0.05) is 0 Å². The molecule has 0 aliphatic rings. The van der Waals surface area contributed by atoms with Gasteiger partial charge in [0.15, 0.2) is 0 Å². The molecule has 0 amide bonds. The third kappa shape index (κ3) is 3.04. The Morgan fingerprint density at radius 2 is 2.00 bits per heavy atom. The second kappa shape index (κ2) is 4.96. The van der Waals surface area contributed by atoms with Crippen LogP contribution in [0.4, 0.5) is 10.5 Å². The van der Waals surface area contributed by atoms with Crippen LogP contribution in [0.15, 0.2) is 34.0 Å². The van der Waals surface area contributed by atoms with E-state index in [0.29, 0.717) is 4.68 Å². The normalized spacial score (nSPS) is 11.3. The number of nitrogens with zero attached hydrogens (tertiary/aromatic N) is 1. The number of hydrogen-bond donors (Lipinski definition) is 4. The molecule has 0 aliphatic heterocycles. The first kappa shape index (κ1) is 14.6. The molecule has 0 saturated carbocycles. The predicted molar refractivity (Wildman–Crippen MR) is 69.3 cm³/mol. The summed E-state index contributed by atoms with van der Waals surface area (Å²) in [5.74, 6) is -0.411. The Morgan fingerprint density at radius 1 is 1.33 bits per heavy atom. The number of aromatic amines is 1. The van der Waals surface area contributed by atoms with Gasteiger partial charge in [0, 0.05) is 5.69 Å². The number of H-pyrrole nitrogens is 1. The van der Waals surface area contributed by atoms with Gasteiger partial charge in [0.1, 0.15) is 4.90 Å². The van der Waals surface area contributed by atoms with Crippen LogP contribution in [-0.2, 0) is 10.1 Å². The van der Waals surface area contributed by atoms with Gasteiger partial charge in [-0.05, 0) is 18.2 Å². The number of nitrogen functional groups attached to an aromatic ring is 1. The maximum absolute atomic E-state index is 11.7. The van der Waals surface area contributed by atoms with Crippen molar-refractivity contribution in [1.82, 2.24) is 9.78 Å². The van der Waals surface area contributed by atoms with Crippen molar-refractivity contribution in [2.75, 3.05) is 5.73 Å². The molecule has 1 heterocycles. The first-order chi connectivity index (χ1) is 9.68. The highest BCUT2D eigenvalue weighted by Gasteiger charge is 2.20. The minimum atomic E-state index is -4.65. The third-order valence-electron chi connectivity index (χ3n) is 2.40. The van der Waals surface area contributed by atoms with E-state index in [1.165, 1.54) is 12.1 Å². The first-order valence-electron chi connectivity index (χ1n) is 5.29. The van der Waals surface area contributed by atoms with Crippen molar-refractivity contribution in [3.05, 3.63) is 34.6 Å². The Bertz CT molecular complexity index is 865. The van der Waals surface area contributed by atoms with Crippen molar-refractivity contribution in [1.29, 1.82) is 0 Å². The second-order valence-corrected chi connectivity index (χ2v) is 5.25. The number of hydrogen-bond acceptors (Lipinski definition) is 6. The maximum atomic E-state index is 11.7. The van der Waals surface area contributed by atoms with E-state index in [9.17, 15) is 18.0 Å². The molecule has 5 N–H and O–H groups in total. The Morgan fingerprint density at radius 3 is 2.57 bits per heavy atom. The van der Waals surface area contributed by atoms with Crippen molar-refractivity contribution < 1.29 is 27.6 Å². The van der Waals surface area contributed by atoms with E-state index >= 15 is 0 Å². The molecule has 0 saturated heterocycles. The summed E-state index contributed by atoms with van der Waals surface area (Å²) < 4.78 is 36.7. The Labute approximate surface area is 117 Å². The summed E-state index contributed by atoms with van der Waals surface area (Å²) in [7, 11) is -4.65. The number of aromatic nitrogens is 2. The van der Waals surface area contributed by atoms with Crippen LogP contribution in [0, 0.1) is 0 Å². The molecule has 10 nitrogen and oxygen atoms in total. The van der Waals surface area contributed by atoms with E-state index < -0.39 is 32.6 Å². The summed E-state index contributed by atoms with van der Waals surface area (Å²) in [6.07, 6.45) is -1.66. The van der Waals surface area contributed by atoms with E-state index in [4.69, 9.17) is 15.4 Å². The van der Waals surface area contributed by atoms with Crippen molar-refractivity contribution in [3.8, 4) is 11.6 Å². The average molecular weight is 315 g/mol. The van der Waals surface area contributed by atoms with Crippen LogP contribution in [0.5, 0.6) is 5.88 Å². The highest BCUT2D eigenvalue weighted by molar-refractivity contribution is 7.86. The molecule has 0 atom stereocenters. The van der Waals surface area contributed by atoms with Crippen molar-refractivity contribution in [3.63, 3.8) is 0 Å². The van der Waals surface area contributed by atoms with Gasteiger partial charge in [-0.25, -0.2) is 9.48 Å². The Hall–Kier alpha value is -2.79. The van der Waals surface area contributed by atoms with Crippen molar-refractivity contribution in [2.45, 2.75) is 4.90 Å². The lowest BCUT2D eigenvalue weighted by atomic mass is 10.3. The van der Waals surface area contributed by atoms with E-state index in [0.717, 1.165) is 12.1 Å². The molecule has 0 radical (unpaired) electrons. The summed E-state index contributed by atoms with van der Waals surface area (Å²) in [5, 5.41) is 10.7. The van der Waals surface area contributed by atoms with Crippen LogP contribution in [-0.4, -0.2) is 34.0 Å². The molecule has 112 valence electrons. The van der Waals surface area contributed by atoms with Gasteiger partial charge in [0.05, 0.1) is 11.8 Å². The van der Waals surface area contributed by atoms with Crippen LogP contribution in [0.1, 0.15) is 0 Å². The topological polar surface area (TPSA) is 165 Å². The van der Waals surface area contributed by atoms with Gasteiger partial charge in [0.25, 0.3) is 15.7 Å². The van der Waals surface area contributed by atoms with E-state index in [1.807, 2.05) is 0 Å². The molecule has 0 aliphatic carbocycles. The molecular weight excluding hydrogens is 306 g/mol. The van der Waals surface area contributed by atoms with E-state index in [-0.39, 0.29) is 11.4 Å². The van der Waals surface area contributed by atoms with Crippen LogP contribution >= 0.6 is 0 Å². The highest BCUT2D eigenvalue weighted by atomic mass is 32.2. The summed E-state index contributed by atoms with van der Waals surface area (Å²) in [5.41, 5.74) is 4.46. The number of rotatable bonds is 3. The van der Waals surface area contributed by atoms with Gasteiger partial charge in [-0.2, -0.15) is 8.42 Å². The fraction of sp³-hybridized carbons (Fsp3) is 0. The number of nitrogens with two attached hydrogens (primary N) is 1. The van der Waals surface area contributed by atoms with Crippen LogP contribution in [0.25, 0.3) is 5.69 Å². The SMILES string of the molecule is Nc1ccc(-n2[nH]c(OC(=O)O)cc2=O)c(S(=O)(=O)O)c1. The van der Waals surface area contributed by atoms with Crippen LogP contribution < -0.4 is 16.0 Å². The number of nitrogens with one attached hydrogen (secondary N) is 1. The first-order valence-corrected chi connectivity index (χ1v) is 6.73. The van der Waals surface area contributed by atoms with Crippen molar-refractivity contribution in [2.24, 2.45) is 0 Å². The number of ether oxygens (including phenoxy) is 1. The number of carboxylic acid groups (broad SMARTS) is 1. The largest absolute Gasteiger partial charge is 0.512 e. The molecule has 0 fully saturated rings. The van der Waals surface area contributed by atoms with Gasteiger partial charge in [-0.3, -0.25) is 14.4 Å². The quantitative estimate of drug-likeness (QED) is 0.350. The lowest BCUT2D eigenvalue weighted by molar-refractivity contribution is 0.142. The monoisotopic (exact) mass is 315 g/mol. The zero-order valence-corrected chi connectivity index (χ0v) is 11.0. The van der Waals surface area contributed by atoms with Gasteiger partial charge >= 0.3 is 6.16 Å². The number of benzene rings is 1.